The zero-order chi connectivity index (χ0) is 29.7. The Kier molecular flexibility index (Phi) is 8.19. The van der Waals surface area contributed by atoms with Crippen LogP contribution in [0.5, 0.6) is 0 Å². The Balaban J connectivity index is 1.52. The Bertz CT molecular complexity index is 1170. The number of Topliss-reactive ketones (excluding diaryl/α,β-unsaturated/α-hetero) is 1. The van der Waals surface area contributed by atoms with Crippen LogP contribution in [0.4, 0.5) is 18.9 Å². The first-order valence-electron chi connectivity index (χ1n) is 13.8. The number of aliphatic hydroxyl groups is 1. The standard InChI is InChI=1S/C30H39F3N2O4S/c1-6-27(4)15-22(28(5)17(2)11-13-29(18(3)25(27)38)14-12-21(36)24(28)29)39-23(37)16-34-26(40)35-20-9-7-19(8-10-20)30(31,32)33/h6-10,17-18,22,24-25,38H,1,11-16H2,2-5H3,(H2,34,35,40)/t17-,18+,22-,24+,25+,27-,28+,29+/m1/s1. The Morgan fingerprint density at radius 3 is 2.48 bits per heavy atom. The van der Waals surface area contributed by atoms with E-state index in [0.29, 0.717) is 18.5 Å². The number of carbonyl (C=O) groups excluding carboxylic acids is 2. The van der Waals surface area contributed by atoms with Crippen molar-refractivity contribution in [3.05, 3.63) is 42.5 Å². The maximum absolute atomic E-state index is 13.5. The smallest absolute Gasteiger partial charge is 0.416 e. The van der Waals surface area contributed by atoms with E-state index in [0.717, 1.165) is 31.4 Å². The molecule has 6 nitrogen and oxygen atoms in total. The Hall–Kier alpha value is -2.46. The number of anilines is 1. The van der Waals surface area contributed by atoms with E-state index in [9.17, 15) is 27.9 Å². The van der Waals surface area contributed by atoms with Gasteiger partial charge < -0.3 is 20.5 Å². The lowest BCUT2D eigenvalue weighted by Gasteiger charge is -2.61. The molecule has 0 aromatic heterocycles. The number of thiocarbonyl (C=S) groups is 1. The van der Waals surface area contributed by atoms with Crippen molar-refractivity contribution < 1.29 is 32.6 Å². The van der Waals surface area contributed by atoms with Crippen molar-refractivity contribution in [1.29, 1.82) is 0 Å². The van der Waals surface area contributed by atoms with Crippen molar-refractivity contribution in [2.24, 2.45) is 34.0 Å². The Labute approximate surface area is 239 Å². The maximum atomic E-state index is 13.5. The molecule has 10 heteroatoms. The van der Waals surface area contributed by atoms with E-state index in [1.54, 1.807) is 6.08 Å². The third-order valence-electron chi connectivity index (χ3n) is 10.4. The average Bonchev–Trinajstić information content (AvgIpc) is 3.25. The number of benzene rings is 1. The van der Waals surface area contributed by atoms with Crippen LogP contribution in [0.25, 0.3) is 0 Å². The van der Waals surface area contributed by atoms with Crippen molar-refractivity contribution in [3.8, 4) is 0 Å². The Morgan fingerprint density at radius 2 is 1.88 bits per heavy atom. The van der Waals surface area contributed by atoms with Crippen LogP contribution in [0.15, 0.2) is 36.9 Å². The molecule has 3 saturated carbocycles. The molecule has 8 atom stereocenters. The SMILES string of the molecule is C=C[C@]1(C)C[C@@H](OC(=O)CNC(=S)Nc2ccc(C(F)(F)F)cc2)[C@]2(C)[C@H](C)CC[C@]3(CCC(=O)[C@H]32)[C@@H](C)[C@@H]1O. The molecule has 3 aliphatic carbocycles. The van der Waals surface area contributed by atoms with Crippen molar-refractivity contribution >= 4 is 34.8 Å². The number of ketones is 1. The van der Waals surface area contributed by atoms with E-state index in [2.05, 4.69) is 38.0 Å². The third kappa shape index (κ3) is 5.17. The summed E-state index contributed by atoms with van der Waals surface area (Å²) < 4.78 is 44.6. The van der Waals surface area contributed by atoms with E-state index < -0.39 is 40.7 Å². The highest BCUT2D eigenvalue weighted by molar-refractivity contribution is 7.80. The molecule has 0 heterocycles. The number of nitrogens with one attached hydrogen (secondary N) is 2. The molecule has 1 aromatic rings. The second kappa shape index (κ2) is 10.7. The second-order valence-corrected chi connectivity index (χ2v) is 12.9. The van der Waals surface area contributed by atoms with Crippen LogP contribution in [0.3, 0.4) is 0 Å². The molecule has 220 valence electrons. The molecular formula is C30H39F3N2O4S. The van der Waals surface area contributed by atoms with Gasteiger partial charge in [-0.15, -0.1) is 6.58 Å². The first-order valence-corrected chi connectivity index (χ1v) is 14.3. The third-order valence-corrected chi connectivity index (χ3v) is 10.7. The van der Waals surface area contributed by atoms with E-state index in [1.165, 1.54) is 12.1 Å². The second-order valence-electron chi connectivity index (χ2n) is 12.4. The molecule has 3 fully saturated rings. The van der Waals surface area contributed by atoms with E-state index >= 15 is 0 Å². The van der Waals surface area contributed by atoms with Gasteiger partial charge in [0.2, 0.25) is 0 Å². The van der Waals surface area contributed by atoms with Gasteiger partial charge in [-0.3, -0.25) is 9.59 Å². The highest BCUT2D eigenvalue weighted by atomic mass is 32.1. The summed E-state index contributed by atoms with van der Waals surface area (Å²) >= 11 is 5.23. The molecule has 3 N–H and O–H groups in total. The number of ether oxygens (including phenoxy) is 1. The zero-order valence-corrected chi connectivity index (χ0v) is 24.3. The van der Waals surface area contributed by atoms with E-state index in [4.69, 9.17) is 17.0 Å². The largest absolute Gasteiger partial charge is 0.460 e. The summed E-state index contributed by atoms with van der Waals surface area (Å²) in [4.78, 5) is 26.6. The minimum Gasteiger partial charge on any atom is -0.460 e. The fourth-order valence-corrected chi connectivity index (χ4v) is 7.96. The van der Waals surface area contributed by atoms with Crippen LogP contribution in [0.2, 0.25) is 0 Å². The number of esters is 1. The number of aliphatic hydroxyl groups excluding tert-OH is 1. The van der Waals surface area contributed by atoms with Crippen molar-refractivity contribution in [2.75, 3.05) is 11.9 Å². The highest BCUT2D eigenvalue weighted by Gasteiger charge is 2.68. The van der Waals surface area contributed by atoms with Gasteiger partial charge in [-0.2, -0.15) is 13.2 Å². The number of hydrogen-bond acceptors (Lipinski definition) is 5. The molecule has 1 aromatic carbocycles. The van der Waals surface area contributed by atoms with Crippen LogP contribution in [0, 0.1) is 34.0 Å². The molecule has 4 rings (SSSR count). The van der Waals surface area contributed by atoms with Gasteiger partial charge in [0.1, 0.15) is 18.4 Å². The summed E-state index contributed by atoms with van der Waals surface area (Å²) in [5, 5.41) is 17.2. The van der Waals surface area contributed by atoms with Gasteiger partial charge in [0.25, 0.3) is 0 Å². The van der Waals surface area contributed by atoms with Gasteiger partial charge in [-0.25, -0.2) is 0 Å². The summed E-state index contributed by atoms with van der Waals surface area (Å²) in [6, 6.07) is 4.39. The number of hydrogen-bond donors (Lipinski definition) is 3. The minimum absolute atomic E-state index is 0.0526. The predicted molar refractivity (Wildman–Crippen MR) is 150 cm³/mol. The lowest BCUT2D eigenvalue weighted by Crippen LogP contribution is -2.63. The first kappa shape index (κ1) is 30.5. The minimum atomic E-state index is -4.44. The normalized spacial score (nSPS) is 37.5. The molecule has 0 unspecified atom stereocenters. The zero-order valence-electron chi connectivity index (χ0n) is 23.4. The Morgan fingerprint density at radius 1 is 1.23 bits per heavy atom. The van der Waals surface area contributed by atoms with Crippen molar-refractivity contribution in [1.82, 2.24) is 5.32 Å². The molecule has 0 saturated heterocycles. The molecule has 0 aliphatic heterocycles. The van der Waals surface area contributed by atoms with Gasteiger partial charge in [-0.1, -0.05) is 33.8 Å². The predicted octanol–water partition coefficient (Wildman–Crippen LogP) is 5.90. The average molecular weight is 581 g/mol. The van der Waals surface area contributed by atoms with Gasteiger partial charge in [0, 0.05) is 28.9 Å². The topological polar surface area (TPSA) is 87.7 Å². The molecule has 0 amide bonds. The molecular weight excluding hydrogens is 541 g/mol. The summed E-state index contributed by atoms with van der Waals surface area (Å²) in [5.74, 6) is -0.735. The lowest BCUT2D eigenvalue weighted by molar-refractivity contribution is -0.206. The number of alkyl halides is 3. The van der Waals surface area contributed by atoms with Gasteiger partial charge in [0.05, 0.1) is 11.7 Å². The molecule has 0 radical (unpaired) electrons. The fourth-order valence-electron chi connectivity index (χ4n) is 7.77. The quantitative estimate of drug-likeness (QED) is 0.227. The number of halogens is 3. The summed E-state index contributed by atoms with van der Waals surface area (Å²) in [6.07, 6.45) is -0.883. The van der Waals surface area contributed by atoms with Gasteiger partial charge >= 0.3 is 12.1 Å². The monoisotopic (exact) mass is 580 g/mol. The first-order chi connectivity index (χ1) is 18.6. The number of rotatable bonds is 5. The van der Waals surface area contributed by atoms with E-state index in [-0.39, 0.29) is 40.6 Å². The molecule has 3 aliphatic rings. The van der Waals surface area contributed by atoms with Crippen LogP contribution in [-0.2, 0) is 20.5 Å². The fraction of sp³-hybridized carbons (Fsp3) is 0.633. The van der Waals surface area contributed by atoms with Crippen LogP contribution in [0.1, 0.15) is 65.4 Å². The lowest BCUT2D eigenvalue weighted by atomic mass is 9.44. The van der Waals surface area contributed by atoms with Crippen molar-refractivity contribution in [3.63, 3.8) is 0 Å². The van der Waals surface area contributed by atoms with Gasteiger partial charge in [0.15, 0.2) is 5.11 Å². The maximum Gasteiger partial charge on any atom is 0.416 e. The summed E-state index contributed by atoms with van der Waals surface area (Å²) in [7, 11) is 0. The number of carbonyl (C=O) groups is 2. The van der Waals surface area contributed by atoms with Crippen LogP contribution in [-0.4, -0.2) is 40.7 Å². The molecule has 0 spiro atoms. The highest BCUT2D eigenvalue weighted by Crippen LogP contribution is 2.68. The van der Waals surface area contributed by atoms with Crippen LogP contribution < -0.4 is 10.6 Å². The van der Waals surface area contributed by atoms with Crippen LogP contribution >= 0.6 is 12.2 Å². The van der Waals surface area contributed by atoms with E-state index in [1.807, 2.05) is 6.92 Å². The summed E-state index contributed by atoms with van der Waals surface area (Å²) in [5.41, 5.74) is -2.17. The molecule has 40 heavy (non-hydrogen) atoms. The summed E-state index contributed by atoms with van der Waals surface area (Å²) in [6.45, 7) is 11.9. The van der Waals surface area contributed by atoms with Gasteiger partial charge in [-0.05, 0) is 79.4 Å². The molecule has 2 bridgehead atoms. The van der Waals surface area contributed by atoms with Crippen molar-refractivity contribution in [2.45, 2.75) is 78.2 Å².